The molecule has 0 aromatic heterocycles. The average Bonchev–Trinajstić information content (AvgIpc) is 2.62. The lowest BCUT2D eigenvalue weighted by molar-refractivity contribution is -0.0745. The Hall–Kier alpha value is -1.89. The van der Waals surface area contributed by atoms with E-state index in [4.69, 9.17) is 9.47 Å². The quantitative estimate of drug-likeness (QED) is 0.610. The summed E-state index contributed by atoms with van der Waals surface area (Å²) in [6, 6.07) is 12.9. The van der Waals surface area contributed by atoms with Crippen molar-refractivity contribution in [1.82, 2.24) is 0 Å². The van der Waals surface area contributed by atoms with E-state index >= 15 is 0 Å². The molecule has 2 aromatic rings. The first-order chi connectivity index (χ1) is 13.8. The molecule has 1 fully saturated rings. The first kappa shape index (κ1) is 21.8. The molecule has 0 unspecified atom stereocenters. The molecule has 0 saturated carbocycles. The fourth-order valence-corrected chi connectivity index (χ4v) is 5.04. The Bertz CT molecular complexity index is 918. The van der Waals surface area contributed by atoms with E-state index in [0.29, 0.717) is 30.6 Å². The molecule has 158 valence electrons. The molecule has 0 atom stereocenters. The minimum absolute atomic E-state index is 0.202. The molecule has 0 radical (unpaired) electrons. The van der Waals surface area contributed by atoms with E-state index in [1.165, 1.54) is 4.31 Å². The van der Waals surface area contributed by atoms with E-state index in [-0.39, 0.29) is 5.92 Å². The van der Waals surface area contributed by atoms with E-state index in [9.17, 15) is 8.42 Å². The lowest BCUT2D eigenvalue weighted by Gasteiger charge is -2.28. The van der Waals surface area contributed by atoms with Crippen molar-refractivity contribution in [3.8, 4) is 0 Å². The summed E-state index contributed by atoms with van der Waals surface area (Å²) >= 11 is 0. The number of rotatable bonds is 9. The highest BCUT2D eigenvalue weighted by molar-refractivity contribution is 7.92. The normalized spacial score (nSPS) is 14.8. The van der Waals surface area contributed by atoms with Gasteiger partial charge in [-0.3, -0.25) is 4.31 Å². The average molecular weight is 418 g/mol. The van der Waals surface area contributed by atoms with Gasteiger partial charge in [0.1, 0.15) is 0 Å². The number of ether oxygens (including phenoxy) is 2. The largest absolute Gasteiger partial charge is 0.381 e. The molecule has 1 aliphatic heterocycles. The molecule has 1 heterocycles. The van der Waals surface area contributed by atoms with Crippen LogP contribution in [0.5, 0.6) is 0 Å². The van der Waals surface area contributed by atoms with Gasteiger partial charge in [-0.05, 0) is 49.1 Å². The zero-order valence-electron chi connectivity index (χ0n) is 17.7. The maximum atomic E-state index is 13.4. The van der Waals surface area contributed by atoms with E-state index in [1.807, 2.05) is 58.0 Å². The van der Waals surface area contributed by atoms with Crippen LogP contribution in [0.2, 0.25) is 0 Å². The van der Waals surface area contributed by atoms with E-state index in [0.717, 1.165) is 35.6 Å². The number of benzene rings is 2. The fraction of sp³-hybridized carbons (Fsp3) is 0.478. The second-order valence-corrected chi connectivity index (χ2v) is 10.1. The highest BCUT2D eigenvalue weighted by Gasteiger charge is 2.27. The van der Waals surface area contributed by atoms with Crippen molar-refractivity contribution in [3.63, 3.8) is 0 Å². The Kier molecular flexibility index (Phi) is 6.98. The SMILES string of the molecule is Cc1ccc(N(CC(C)C)S(=O)(=O)c2ccc(COCC3COC3)cc2)c(C)c1. The third-order valence-corrected chi connectivity index (χ3v) is 6.79. The van der Waals surface area contributed by atoms with Gasteiger partial charge in [0.25, 0.3) is 10.0 Å². The van der Waals surface area contributed by atoms with Crippen LogP contribution in [0, 0.1) is 25.7 Å². The monoisotopic (exact) mass is 417 g/mol. The van der Waals surface area contributed by atoms with Gasteiger partial charge < -0.3 is 9.47 Å². The second-order valence-electron chi connectivity index (χ2n) is 8.28. The summed E-state index contributed by atoms with van der Waals surface area (Å²) in [5.74, 6) is 0.686. The highest BCUT2D eigenvalue weighted by Crippen LogP contribution is 2.29. The molecule has 0 spiro atoms. The van der Waals surface area contributed by atoms with Crippen molar-refractivity contribution in [2.75, 3.05) is 30.7 Å². The molecule has 0 bridgehead atoms. The minimum atomic E-state index is -3.65. The summed E-state index contributed by atoms with van der Waals surface area (Å²) in [4.78, 5) is 0.300. The van der Waals surface area contributed by atoms with Gasteiger partial charge in [0.2, 0.25) is 0 Å². The fourth-order valence-electron chi connectivity index (χ4n) is 3.35. The van der Waals surface area contributed by atoms with Crippen molar-refractivity contribution >= 4 is 15.7 Å². The molecule has 2 aromatic carbocycles. The minimum Gasteiger partial charge on any atom is -0.381 e. The molecular weight excluding hydrogens is 386 g/mol. The zero-order chi connectivity index (χ0) is 21.0. The number of sulfonamides is 1. The van der Waals surface area contributed by atoms with Gasteiger partial charge in [-0.1, -0.05) is 43.7 Å². The van der Waals surface area contributed by atoms with Crippen molar-refractivity contribution in [2.24, 2.45) is 11.8 Å². The van der Waals surface area contributed by atoms with E-state index in [1.54, 1.807) is 12.1 Å². The second kappa shape index (κ2) is 9.28. The number of hydrogen-bond acceptors (Lipinski definition) is 4. The predicted octanol–water partition coefficient (Wildman–Crippen LogP) is 4.32. The van der Waals surface area contributed by atoms with Crippen molar-refractivity contribution < 1.29 is 17.9 Å². The first-order valence-corrected chi connectivity index (χ1v) is 11.6. The number of nitrogens with zero attached hydrogens (tertiary/aromatic N) is 1. The van der Waals surface area contributed by atoms with Crippen LogP contribution in [-0.4, -0.2) is 34.8 Å². The Balaban J connectivity index is 1.79. The van der Waals surface area contributed by atoms with Crippen molar-refractivity contribution in [2.45, 2.75) is 39.2 Å². The number of hydrogen-bond donors (Lipinski definition) is 0. The van der Waals surface area contributed by atoms with E-state index in [2.05, 4.69) is 0 Å². The molecule has 1 saturated heterocycles. The summed E-state index contributed by atoms with van der Waals surface area (Å²) < 4.78 is 39.3. The third-order valence-electron chi connectivity index (χ3n) is 4.99. The Morgan fingerprint density at radius 3 is 2.34 bits per heavy atom. The Morgan fingerprint density at radius 1 is 1.10 bits per heavy atom. The first-order valence-electron chi connectivity index (χ1n) is 10.1. The molecule has 0 amide bonds. The predicted molar refractivity (Wildman–Crippen MR) is 116 cm³/mol. The molecule has 6 heteroatoms. The molecule has 0 aliphatic carbocycles. The molecular formula is C23H31NO4S. The standard InChI is InChI=1S/C23H31NO4S/c1-17(2)12-24(23-10-5-18(3)11-19(23)4)29(25,26)22-8-6-20(7-9-22)13-27-14-21-15-28-16-21/h5-11,17,21H,12-16H2,1-4H3. The Labute approximate surface area is 174 Å². The van der Waals surface area contributed by atoms with Gasteiger partial charge in [0.15, 0.2) is 0 Å². The molecule has 29 heavy (non-hydrogen) atoms. The molecule has 5 nitrogen and oxygen atoms in total. The lowest BCUT2D eigenvalue weighted by atomic mass is 10.1. The summed E-state index contributed by atoms with van der Waals surface area (Å²) in [5, 5.41) is 0. The maximum absolute atomic E-state index is 13.4. The van der Waals surface area contributed by atoms with Gasteiger partial charge in [-0.2, -0.15) is 0 Å². The zero-order valence-corrected chi connectivity index (χ0v) is 18.5. The summed E-state index contributed by atoms with van der Waals surface area (Å²) in [7, 11) is -3.65. The Morgan fingerprint density at radius 2 is 1.79 bits per heavy atom. The van der Waals surface area contributed by atoms with Crippen LogP contribution in [-0.2, 0) is 26.1 Å². The summed E-state index contributed by atoms with van der Waals surface area (Å²) in [5.41, 5.74) is 3.77. The number of aryl methyl sites for hydroxylation is 2. The smallest absolute Gasteiger partial charge is 0.264 e. The van der Waals surface area contributed by atoms with Crippen LogP contribution < -0.4 is 4.31 Å². The van der Waals surface area contributed by atoms with Crippen LogP contribution in [0.3, 0.4) is 0 Å². The van der Waals surface area contributed by atoms with Crippen LogP contribution in [0.25, 0.3) is 0 Å². The van der Waals surface area contributed by atoms with Crippen LogP contribution in [0.1, 0.15) is 30.5 Å². The highest BCUT2D eigenvalue weighted by atomic mass is 32.2. The van der Waals surface area contributed by atoms with Crippen molar-refractivity contribution in [1.29, 1.82) is 0 Å². The lowest BCUT2D eigenvalue weighted by Crippen LogP contribution is -2.34. The molecule has 3 rings (SSSR count). The number of anilines is 1. The molecule has 1 aliphatic rings. The van der Waals surface area contributed by atoms with Crippen molar-refractivity contribution in [3.05, 3.63) is 59.2 Å². The third kappa shape index (κ3) is 5.38. The molecule has 0 N–H and O–H groups in total. The summed E-state index contributed by atoms with van der Waals surface area (Å²) in [6.07, 6.45) is 0. The maximum Gasteiger partial charge on any atom is 0.264 e. The van der Waals surface area contributed by atoms with Gasteiger partial charge in [-0.25, -0.2) is 8.42 Å². The summed E-state index contributed by atoms with van der Waals surface area (Å²) in [6.45, 7) is 11.1. The van der Waals surface area contributed by atoms with Crippen LogP contribution in [0.4, 0.5) is 5.69 Å². The van der Waals surface area contributed by atoms with Gasteiger partial charge in [0.05, 0.1) is 37.0 Å². The van der Waals surface area contributed by atoms with Gasteiger partial charge in [0, 0.05) is 12.5 Å². The van der Waals surface area contributed by atoms with Gasteiger partial charge in [-0.15, -0.1) is 0 Å². The van der Waals surface area contributed by atoms with Crippen LogP contribution in [0.15, 0.2) is 47.4 Å². The van der Waals surface area contributed by atoms with Gasteiger partial charge >= 0.3 is 0 Å². The topological polar surface area (TPSA) is 55.8 Å². The van der Waals surface area contributed by atoms with E-state index < -0.39 is 10.0 Å². The van der Waals surface area contributed by atoms with Crippen LogP contribution >= 0.6 is 0 Å².